The molecule has 0 radical (unpaired) electrons. The third kappa shape index (κ3) is 4.10. The third-order valence-corrected chi connectivity index (χ3v) is 3.28. The zero-order valence-electron chi connectivity index (χ0n) is 10.2. The first-order valence-corrected chi connectivity index (χ1v) is 6.38. The molecule has 0 bridgehead atoms. The van der Waals surface area contributed by atoms with Crippen molar-refractivity contribution in [1.82, 2.24) is 0 Å². The Hall–Kier alpha value is -1.51. The molecule has 1 fully saturated rings. The predicted octanol–water partition coefficient (Wildman–Crippen LogP) is 2.62. The van der Waals surface area contributed by atoms with Crippen molar-refractivity contribution in [2.45, 2.75) is 25.7 Å². The number of para-hydroxylation sites is 1. The smallest absolute Gasteiger partial charge is 0.0923 e. The fraction of sp³-hybridized carbons (Fsp3) is 0.500. The average Bonchev–Trinajstić information content (AvgIpc) is 3.14. The molecular formula is C14H21N3. The number of rotatable bonds is 7. The van der Waals surface area contributed by atoms with E-state index in [-0.39, 0.29) is 5.84 Å². The van der Waals surface area contributed by atoms with Gasteiger partial charge in [-0.1, -0.05) is 31.0 Å². The number of nitrogens with one attached hydrogen (secondary N) is 1. The number of nitrogens with zero attached hydrogens (tertiary/aromatic N) is 1. The summed E-state index contributed by atoms with van der Waals surface area (Å²) in [4.78, 5) is 2.35. The Morgan fingerprint density at radius 3 is 2.53 bits per heavy atom. The van der Waals surface area contributed by atoms with Gasteiger partial charge in [0.1, 0.15) is 0 Å². The van der Waals surface area contributed by atoms with Crippen LogP contribution in [0.4, 0.5) is 5.69 Å². The van der Waals surface area contributed by atoms with Gasteiger partial charge in [0.25, 0.3) is 0 Å². The molecule has 0 spiro atoms. The van der Waals surface area contributed by atoms with Crippen LogP contribution in [0.5, 0.6) is 0 Å². The Labute approximate surface area is 103 Å². The highest BCUT2D eigenvalue weighted by Gasteiger charge is 2.21. The van der Waals surface area contributed by atoms with Crippen LogP contribution in [0.3, 0.4) is 0 Å². The Kier molecular flexibility index (Phi) is 4.02. The molecule has 1 aromatic carbocycles. The Morgan fingerprint density at radius 1 is 1.24 bits per heavy atom. The summed E-state index contributed by atoms with van der Waals surface area (Å²) in [5.41, 5.74) is 6.69. The standard InChI is InChI=1S/C14H21N3/c15-14(16)9-11-17(10-8-12-6-7-12)13-4-2-1-3-5-13/h1-5,12H,6-11H2,(H3,15,16). The maximum Gasteiger partial charge on any atom is 0.0923 e. The van der Waals surface area contributed by atoms with Crippen LogP contribution in [0.2, 0.25) is 0 Å². The molecule has 0 unspecified atom stereocenters. The lowest BCUT2D eigenvalue weighted by Crippen LogP contribution is -2.29. The summed E-state index contributed by atoms with van der Waals surface area (Å²) in [7, 11) is 0. The van der Waals surface area contributed by atoms with Crippen LogP contribution in [-0.2, 0) is 0 Å². The quantitative estimate of drug-likeness (QED) is 0.560. The third-order valence-electron chi connectivity index (χ3n) is 3.28. The van der Waals surface area contributed by atoms with Crippen molar-refractivity contribution in [1.29, 1.82) is 5.41 Å². The summed E-state index contributed by atoms with van der Waals surface area (Å²) in [6.07, 6.45) is 4.72. The second kappa shape index (κ2) is 5.71. The van der Waals surface area contributed by atoms with E-state index in [4.69, 9.17) is 11.1 Å². The summed E-state index contributed by atoms with van der Waals surface area (Å²) in [5.74, 6) is 1.22. The number of nitrogens with two attached hydrogens (primary N) is 1. The molecule has 1 aliphatic carbocycles. The van der Waals surface area contributed by atoms with E-state index in [1.54, 1.807) is 0 Å². The number of benzene rings is 1. The van der Waals surface area contributed by atoms with E-state index in [1.807, 2.05) is 6.07 Å². The van der Waals surface area contributed by atoms with Crippen LogP contribution in [0.15, 0.2) is 30.3 Å². The van der Waals surface area contributed by atoms with Gasteiger partial charge < -0.3 is 10.6 Å². The van der Waals surface area contributed by atoms with Crippen molar-refractivity contribution >= 4 is 11.5 Å². The van der Waals surface area contributed by atoms with E-state index < -0.39 is 0 Å². The lowest BCUT2D eigenvalue weighted by Gasteiger charge is -2.24. The molecule has 3 nitrogen and oxygen atoms in total. The van der Waals surface area contributed by atoms with Gasteiger partial charge in [0.15, 0.2) is 0 Å². The van der Waals surface area contributed by atoms with Gasteiger partial charge >= 0.3 is 0 Å². The molecule has 0 aliphatic heterocycles. The van der Waals surface area contributed by atoms with Crippen molar-refractivity contribution in [2.75, 3.05) is 18.0 Å². The van der Waals surface area contributed by atoms with E-state index in [2.05, 4.69) is 29.2 Å². The number of anilines is 1. The van der Waals surface area contributed by atoms with Gasteiger partial charge in [0, 0.05) is 25.2 Å². The topological polar surface area (TPSA) is 53.1 Å². The molecular weight excluding hydrogens is 210 g/mol. The molecule has 3 N–H and O–H groups in total. The second-order valence-electron chi connectivity index (χ2n) is 4.83. The zero-order chi connectivity index (χ0) is 12.1. The SMILES string of the molecule is N=C(N)CCN(CCC1CC1)c1ccccc1. The highest BCUT2D eigenvalue weighted by atomic mass is 15.1. The van der Waals surface area contributed by atoms with Gasteiger partial charge in [0.05, 0.1) is 5.84 Å². The minimum atomic E-state index is 0.275. The lowest BCUT2D eigenvalue weighted by molar-refractivity contribution is 0.679. The highest BCUT2D eigenvalue weighted by molar-refractivity contribution is 5.77. The minimum Gasteiger partial charge on any atom is -0.388 e. The van der Waals surface area contributed by atoms with Crippen LogP contribution in [-0.4, -0.2) is 18.9 Å². The average molecular weight is 231 g/mol. The molecule has 0 atom stereocenters. The van der Waals surface area contributed by atoms with Gasteiger partial charge in [-0.2, -0.15) is 0 Å². The predicted molar refractivity (Wildman–Crippen MR) is 72.5 cm³/mol. The van der Waals surface area contributed by atoms with Crippen molar-refractivity contribution in [3.63, 3.8) is 0 Å². The van der Waals surface area contributed by atoms with Crippen LogP contribution in [0, 0.1) is 11.3 Å². The summed E-state index contributed by atoms with van der Waals surface area (Å²) >= 11 is 0. The first kappa shape index (κ1) is 12.0. The van der Waals surface area contributed by atoms with Gasteiger partial charge in [-0.05, 0) is 24.5 Å². The van der Waals surface area contributed by atoms with Crippen molar-refractivity contribution in [3.8, 4) is 0 Å². The molecule has 3 heteroatoms. The van der Waals surface area contributed by atoms with Gasteiger partial charge in [0.2, 0.25) is 0 Å². The number of amidine groups is 1. The molecule has 0 saturated heterocycles. The van der Waals surface area contributed by atoms with E-state index in [0.717, 1.165) is 19.0 Å². The maximum atomic E-state index is 7.33. The van der Waals surface area contributed by atoms with E-state index >= 15 is 0 Å². The second-order valence-corrected chi connectivity index (χ2v) is 4.83. The molecule has 1 aromatic rings. The molecule has 0 amide bonds. The molecule has 17 heavy (non-hydrogen) atoms. The maximum absolute atomic E-state index is 7.33. The van der Waals surface area contributed by atoms with Crippen LogP contribution in [0.25, 0.3) is 0 Å². The molecule has 92 valence electrons. The Bertz CT molecular complexity index is 357. The van der Waals surface area contributed by atoms with E-state index in [1.165, 1.54) is 24.9 Å². The zero-order valence-corrected chi connectivity index (χ0v) is 10.2. The molecule has 1 aliphatic rings. The van der Waals surface area contributed by atoms with Crippen molar-refractivity contribution in [3.05, 3.63) is 30.3 Å². The summed E-state index contributed by atoms with van der Waals surface area (Å²) in [5, 5.41) is 7.33. The molecule has 2 rings (SSSR count). The number of hydrogen-bond acceptors (Lipinski definition) is 2. The monoisotopic (exact) mass is 231 g/mol. The number of hydrogen-bond donors (Lipinski definition) is 2. The summed E-state index contributed by atoms with van der Waals surface area (Å²) in [6, 6.07) is 10.4. The van der Waals surface area contributed by atoms with E-state index in [9.17, 15) is 0 Å². The molecule has 0 heterocycles. The largest absolute Gasteiger partial charge is 0.388 e. The van der Waals surface area contributed by atoms with Gasteiger partial charge in [-0.15, -0.1) is 0 Å². The Balaban J connectivity index is 1.92. The van der Waals surface area contributed by atoms with Gasteiger partial charge in [-0.25, -0.2) is 0 Å². The van der Waals surface area contributed by atoms with Gasteiger partial charge in [-0.3, -0.25) is 5.41 Å². The summed E-state index contributed by atoms with van der Waals surface area (Å²) < 4.78 is 0. The first-order chi connectivity index (χ1) is 8.25. The fourth-order valence-electron chi connectivity index (χ4n) is 2.01. The van der Waals surface area contributed by atoms with Crippen LogP contribution in [0.1, 0.15) is 25.7 Å². The van der Waals surface area contributed by atoms with Crippen molar-refractivity contribution in [2.24, 2.45) is 11.7 Å². The lowest BCUT2D eigenvalue weighted by atomic mass is 10.2. The summed E-state index contributed by atoms with van der Waals surface area (Å²) in [6.45, 7) is 1.94. The minimum absolute atomic E-state index is 0.275. The van der Waals surface area contributed by atoms with Crippen LogP contribution >= 0.6 is 0 Å². The fourth-order valence-corrected chi connectivity index (χ4v) is 2.01. The first-order valence-electron chi connectivity index (χ1n) is 6.38. The highest BCUT2D eigenvalue weighted by Crippen LogP contribution is 2.32. The Morgan fingerprint density at radius 2 is 1.94 bits per heavy atom. The van der Waals surface area contributed by atoms with Crippen LogP contribution < -0.4 is 10.6 Å². The molecule has 0 aromatic heterocycles. The normalized spacial score (nSPS) is 14.6. The molecule has 1 saturated carbocycles. The van der Waals surface area contributed by atoms with Crippen molar-refractivity contribution < 1.29 is 0 Å². The van der Waals surface area contributed by atoms with E-state index in [0.29, 0.717) is 6.42 Å².